The van der Waals surface area contributed by atoms with Crippen molar-refractivity contribution in [3.8, 4) is 0 Å². The summed E-state index contributed by atoms with van der Waals surface area (Å²) in [5.74, 6) is -1.31. The quantitative estimate of drug-likeness (QED) is 0.122. The third-order valence-electron chi connectivity index (χ3n) is 6.28. The minimum absolute atomic E-state index is 0.119. The highest BCUT2D eigenvalue weighted by molar-refractivity contribution is 6.04. The smallest absolute Gasteiger partial charge is 0.267 e. The van der Waals surface area contributed by atoms with E-state index in [9.17, 15) is 14.4 Å². The average molecular weight is 547 g/mol. The van der Waals surface area contributed by atoms with Crippen LogP contribution in [0.4, 0.5) is 17.1 Å². The standard InChI is InChI=1S/C31H26N6O4/c38-27(36-41)16-13-21-11-14-24(15-12-21)37(19-28(39)34-25-9-1-5-22-7-3-17-32-30(22)25)20-29(40)35-26-10-2-6-23-8-4-18-33-31(23)26/h1-18,41H,19-20H2,(H,34,39)(H,35,40)(H,36,38). The molecule has 0 bridgehead atoms. The summed E-state index contributed by atoms with van der Waals surface area (Å²) in [5.41, 5.74) is 5.32. The molecule has 3 amide bonds. The molecule has 5 rings (SSSR count). The molecular formula is C31H26N6O4. The number of hydrogen-bond donors (Lipinski definition) is 4. The van der Waals surface area contributed by atoms with Crippen LogP contribution in [0.25, 0.3) is 27.9 Å². The van der Waals surface area contributed by atoms with E-state index in [0.717, 1.165) is 10.8 Å². The Balaban J connectivity index is 1.37. The van der Waals surface area contributed by atoms with Gasteiger partial charge in [-0.15, -0.1) is 0 Å². The van der Waals surface area contributed by atoms with Crippen molar-refractivity contribution in [1.29, 1.82) is 0 Å². The van der Waals surface area contributed by atoms with Crippen molar-refractivity contribution in [2.75, 3.05) is 28.6 Å². The van der Waals surface area contributed by atoms with Crippen molar-refractivity contribution in [3.05, 3.63) is 109 Å². The van der Waals surface area contributed by atoms with Gasteiger partial charge in [-0.1, -0.05) is 48.5 Å². The monoisotopic (exact) mass is 546 g/mol. The van der Waals surface area contributed by atoms with E-state index in [0.29, 0.717) is 33.7 Å². The molecule has 0 aliphatic rings. The molecule has 0 saturated carbocycles. The number of amides is 3. The van der Waals surface area contributed by atoms with E-state index in [-0.39, 0.29) is 24.9 Å². The van der Waals surface area contributed by atoms with Gasteiger partial charge in [-0.05, 0) is 48.0 Å². The summed E-state index contributed by atoms with van der Waals surface area (Å²) in [6, 6.07) is 25.5. The topological polar surface area (TPSA) is 137 Å². The van der Waals surface area contributed by atoms with Gasteiger partial charge in [0, 0.05) is 34.9 Å². The van der Waals surface area contributed by atoms with E-state index in [1.807, 2.05) is 48.5 Å². The minimum atomic E-state index is -0.658. The number of rotatable bonds is 9. The lowest BCUT2D eigenvalue weighted by Gasteiger charge is -2.24. The number of carbonyl (C=O) groups is 3. The molecule has 204 valence electrons. The molecule has 41 heavy (non-hydrogen) atoms. The number of hydrogen-bond acceptors (Lipinski definition) is 7. The van der Waals surface area contributed by atoms with Gasteiger partial charge >= 0.3 is 0 Å². The first-order valence-corrected chi connectivity index (χ1v) is 12.7. The van der Waals surface area contributed by atoms with Crippen LogP contribution in [0.1, 0.15) is 5.56 Å². The minimum Gasteiger partial charge on any atom is -0.353 e. The Labute approximate surface area is 235 Å². The van der Waals surface area contributed by atoms with E-state index in [4.69, 9.17) is 5.21 Å². The first-order valence-electron chi connectivity index (χ1n) is 12.7. The summed E-state index contributed by atoms with van der Waals surface area (Å²) in [6.07, 6.45) is 6.04. The van der Waals surface area contributed by atoms with Crippen LogP contribution in [0.3, 0.4) is 0 Å². The predicted molar refractivity (Wildman–Crippen MR) is 158 cm³/mol. The molecule has 2 aromatic heterocycles. The zero-order valence-electron chi connectivity index (χ0n) is 21.8. The zero-order chi connectivity index (χ0) is 28.6. The van der Waals surface area contributed by atoms with Crippen molar-refractivity contribution in [3.63, 3.8) is 0 Å². The molecule has 3 aromatic carbocycles. The van der Waals surface area contributed by atoms with Gasteiger partial charge in [0.2, 0.25) is 11.8 Å². The Morgan fingerprint density at radius 2 is 1.22 bits per heavy atom. The Morgan fingerprint density at radius 3 is 1.73 bits per heavy atom. The molecule has 0 spiro atoms. The van der Waals surface area contributed by atoms with E-state index in [1.165, 1.54) is 17.6 Å². The number of para-hydroxylation sites is 2. The number of hydroxylamine groups is 1. The second kappa shape index (κ2) is 12.5. The molecule has 2 heterocycles. The molecule has 0 radical (unpaired) electrons. The zero-order valence-corrected chi connectivity index (χ0v) is 21.8. The first-order chi connectivity index (χ1) is 20.0. The van der Waals surface area contributed by atoms with Crippen LogP contribution in [0, 0.1) is 0 Å². The summed E-state index contributed by atoms with van der Waals surface area (Å²) >= 11 is 0. The number of benzene rings is 3. The van der Waals surface area contributed by atoms with E-state index < -0.39 is 5.91 Å². The molecule has 4 N–H and O–H groups in total. The molecular weight excluding hydrogens is 520 g/mol. The second-order valence-corrected chi connectivity index (χ2v) is 9.11. The van der Waals surface area contributed by atoms with Gasteiger partial charge < -0.3 is 15.5 Å². The van der Waals surface area contributed by atoms with Gasteiger partial charge in [0.05, 0.1) is 35.5 Å². The fraction of sp³-hybridized carbons (Fsp3) is 0.0645. The Kier molecular flexibility index (Phi) is 8.22. The normalized spacial score (nSPS) is 11.0. The third kappa shape index (κ3) is 6.70. The van der Waals surface area contributed by atoms with Crippen molar-refractivity contribution in [2.24, 2.45) is 0 Å². The third-order valence-corrected chi connectivity index (χ3v) is 6.28. The van der Waals surface area contributed by atoms with Gasteiger partial charge in [0.25, 0.3) is 5.91 Å². The summed E-state index contributed by atoms with van der Waals surface area (Å²) in [6.45, 7) is -0.237. The molecule has 10 heteroatoms. The van der Waals surface area contributed by atoms with E-state index in [2.05, 4.69) is 20.6 Å². The summed E-state index contributed by atoms with van der Waals surface area (Å²) in [7, 11) is 0. The number of fused-ring (bicyclic) bond motifs is 2. The average Bonchev–Trinajstić information content (AvgIpc) is 3.00. The molecule has 0 aliphatic heterocycles. The molecule has 5 aromatic rings. The van der Waals surface area contributed by atoms with Crippen molar-refractivity contribution in [2.45, 2.75) is 0 Å². The molecule has 10 nitrogen and oxygen atoms in total. The highest BCUT2D eigenvalue weighted by Crippen LogP contribution is 2.23. The van der Waals surface area contributed by atoms with Crippen molar-refractivity contribution >= 4 is 62.7 Å². The maximum Gasteiger partial charge on any atom is 0.267 e. The molecule has 0 fully saturated rings. The predicted octanol–water partition coefficient (Wildman–Crippen LogP) is 4.39. The maximum atomic E-state index is 13.2. The SMILES string of the molecule is O=C(C=Cc1ccc(N(CC(=O)Nc2cccc3cccnc23)CC(=O)Nc2cccc3cccnc23)cc1)NO. The van der Waals surface area contributed by atoms with Gasteiger partial charge in [-0.25, -0.2) is 5.48 Å². The fourth-order valence-corrected chi connectivity index (χ4v) is 4.38. The van der Waals surface area contributed by atoms with Crippen LogP contribution < -0.4 is 21.0 Å². The Hall–Kier alpha value is -5.61. The number of nitrogens with one attached hydrogen (secondary N) is 3. The van der Waals surface area contributed by atoms with Gasteiger partial charge in [0.15, 0.2) is 0 Å². The van der Waals surface area contributed by atoms with Crippen LogP contribution in [-0.2, 0) is 14.4 Å². The Morgan fingerprint density at radius 1 is 0.707 bits per heavy atom. The van der Waals surface area contributed by atoms with Gasteiger partial charge in [-0.2, -0.15) is 0 Å². The van der Waals surface area contributed by atoms with Crippen LogP contribution in [0.2, 0.25) is 0 Å². The van der Waals surface area contributed by atoms with E-state index >= 15 is 0 Å². The molecule has 0 atom stereocenters. The second-order valence-electron chi connectivity index (χ2n) is 9.11. The molecule has 0 aliphatic carbocycles. The lowest BCUT2D eigenvalue weighted by Crippen LogP contribution is -2.39. The molecule has 0 unspecified atom stereocenters. The van der Waals surface area contributed by atoms with Gasteiger partial charge in [0.1, 0.15) is 0 Å². The number of anilines is 3. The molecule has 0 saturated heterocycles. The number of carbonyl (C=O) groups excluding carboxylic acids is 3. The van der Waals surface area contributed by atoms with Crippen LogP contribution in [0.15, 0.2) is 103 Å². The van der Waals surface area contributed by atoms with Crippen LogP contribution >= 0.6 is 0 Å². The highest BCUT2D eigenvalue weighted by Gasteiger charge is 2.18. The number of pyridine rings is 2. The summed E-state index contributed by atoms with van der Waals surface area (Å²) in [4.78, 5) is 48.2. The lowest BCUT2D eigenvalue weighted by atomic mass is 10.1. The number of aromatic nitrogens is 2. The Bertz CT molecular complexity index is 1650. The maximum absolute atomic E-state index is 13.2. The first kappa shape index (κ1) is 27.0. The lowest BCUT2D eigenvalue weighted by molar-refractivity contribution is -0.124. The summed E-state index contributed by atoms with van der Waals surface area (Å²) in [5, 5.41) is 16.3. The van der Waals surface area contributed by atoms with E-state index in [1.54, 1.807) is 53.7 Å². The fourth-order valence-electron chi connectivity index (χ4n) is 4.38. The van der Waals surface area contributed by atoms with Crippen molar-refractivity contribution in [1.82, 2.24) is 15.4 Å². The summed E-state index contributed by atoms with van der Waals surface area (Å²) < 4.78 is 0. The van der Waals surface area contributed by atoms with Crippen LogP contribution in [-0.4, -0.2) is 46.0 Å². The largest absolute Gasteiger partial charge is 0.353 e. The van der Waals surface area contributed by atoms with Crippen molar-refractivity contribution < 1.29 is 19.6 Å². The number of nitrogens with zero attached hydrogens (tertiary/aromatic N) is 3. The van der Waals surface area contributed by atoms with Gasteiger partial charge in [-0.3, -0.25) is 29.6 Å². The van der Waals surface area contributed by atoms with Crippen LogP contribution in [0.5, 0.6) is 0 Å². The highest BCUT2D eigenvalue weighted by atomic mass is 16.5.